The third-order valence-electron chi connectivity index (χ3n) is 3.65. The van der Waals surface area contributed by atoms with E-state index in [9.17, 15) is 4.79 Å². The van der Waals surface area contributed by atoms with Crippen molar-refractivity contribution in [1.82, 2.24) is 0 Å². The zero-order chi connectivity index (χ0) is 14.8. The maximum atomic E-state index is 11.8. The van der Waals surface area contributed by atoms with E-state index in [-0.39, 0.29) is 12.1 Å². The molecule has 1 aliphatic heterocycles. The molecule has 1 unspecified atom stereocenters. The summed E-state index contributed by atoms with van der Waals surface area (Å²) in [6, 6.07) is 13.2. The van der Waals surface area contributed by atoms with Gasteiger partial charge in [0, 0.05) is 12.0 Å². The second-order valence-electron chi connectivity index (χ2n) is 4.87. The highest BCUT2D eigenvalue weighted by Gasteiger charge is 2.30. The first-order valence-electron chi connectivity index (χ1n) is 6.73. The fourth-order valence-corrected chi connectivity index (χ4v) is 2.59. The number of fused-ring (bicyclic) bond motifs is 1. The summed E-state index contributed by atoms with van der Waals surface area (Å²) in [5, 5.41) is 0. The number of carbonyl (C=O) groups is 1. The minimum Gasteiger partial charge on any atom is -0.493 e. The molecule has 0 saturated carbocycles. The molecule has 0 aliphatic carbocycles. The topological polar surface area (TPSA) is 44.8 Å². The molecule has 2 aromatic rings. The summed E-state index contributed by atoms with van der Waals surface area (Å²) in [4.78, 5) is 11.8. The van der Waals surface area contributed by atoms with Crippen LogP contribution < -0.4 is 9.47 Å². The van der Waals surface area contributed by atoms with Crippen LogP contribution in [0.3, 0.4) is 0 Å². The Hall–Kier alpha value is -2.49. The van der Waals surface area contributed by atoms with Crippen LogP contribution in [0.1, 0.15) is 27.6 Å². The number of methoxy groups -OCH3 is 2. The molecule has 0 saturated heterocycles. The van der Waals surface area contributed by atoms with Crippen molar-refractivity contribution < 1.29 is 19.0 Å². The first-order valence-corrected chi connectivity index (χ1v) is 6.73. The third-order valence-corrected chi connectivity index (χ3v) is 3.65. The summed E-state index contributed by atoms with van der Waals surface area (Å²) in [7, 11) is 3.21. The molecule has 4 heteroatoms. The van der Waals surface area contributed by atoms with E-state index in [1.807, 2.05) is 36.4 Å². The Balaban J connectivity index is 1.87. The summed E-state index contributed by atoms with van der Waals surface area (Å²) >= 11 is 0. The average Bonchev–Trinajstić information content (AvgIpc) is 2.84. The van der Waals surface area contributed by atoms with E-state index in [0.29, 0.717) is 23.5 Å². The maximum Gasteiger partial charge on any atom is 0.339 e. The lowest BCUT2D eigenvalue weighted by Crippen LogP contribution is -2.03. The maximum absolute atomic E-state index is 11.8. The summed E-state index contributed by atoms with van der Waals surface area (Å²) in [5.41, 5.74) is 2.63. The van der Waals surface area contributed by atoms with Crippen LogP contribution in [-0.2, 0) is 11.2 Å². The fraction of sp³-hybridized carbons (Fsp3) is 0.235. The Morgan fingerprint density at radius 3 is 2.57 bits per heavy atom. The van der Waals surface area contributed by atoms with E-state index in [1.54, 1.807) is 20.3 Å². The molecule has 21 heavy (non-hydrogen) atoms. The second kappa shape index (κ2) is 5.48. The van der Waals surface area contributed by atoms with Gasteiger partial charge in [-0.2, -0.15) is 0 Å². The van der Waals surface area contributed by atoms with Crippen LogP contribution in [-0.4, -0.2) is 20.2 Å². The molecule has 108 valence electrons. The molecule has 0 radical (unpaired) electrons. The van der Waals surface area contributed by atoms with Crippen molar-refractivity contribution >= 4 is 5.97 Å². The molecule has 0 fully saturated rings. The molecule has 1 aliphatic rings. The molecule has 3 rings (SSSR count). The highest BCUT2D eigenvalue weighted by atomic mass is 16.5. The van der Waals surface area contributed by atoms with E-state index < -0.39 is 0 Å². The Kier molecular flexibility index (Phi) is 3.52. The summed E-state index contributed by atoms with van der Waals surface area (Å²) in [5.74, 6) is 1.11. The number of hydrogen-bond donors (Lipinski definition) is 0. The van der Waals surface area contributed by atoms with Crippen LogP contribution in [0, 0.1) is 0 Å². The normalized spacial score (nSPS) is 16.3. The second-order valence-corrected chi connectivity index (χ2v) is 4.87. The average molecular weight is 284 g/mol. The molecular weight excluding hydrogens is 268 g/mol. The molecule has 0 N–H and O–H groups in total. The molecule has 1 heterocycles. The van der Waals surface area contributed by atoms with Crippen molar-refractivity contribution in [2.75, 3.05) is 14.2 Å². The monoisotopic (exact) mass is 284 g/mol. The SMILES string of the molecule is COc1ccc(CC2OC(=O)c3ccccc32)cc1OC. The van der Waals surface area contributed by atoms with Gasteiger partial charge in [-0.05, 0) is 23.8 Å². The predicted octanol–water partition coefficient (Wildman–Crippen LogP) is 3.16. The van der Waals surface area contributed by atoms with Gasteiger partial charge in [-0.15, -0.1) is 0 Å². The number of hydrogen-bond acceptors (Lipinski definition) is 4. The van der Waals surface area contributed by atoms with Gasteiger partial charge in [0.15, 0.2) is 11.5 Å². The van der Waals surface area contributed by atoms with E-state index in [0.717, 1.165) is 11.1 Å². The molecule has 0 spiro atoms. The molecule has 0 bridgehead atoms. The lowest BCUT2D eigenvalue weighted by atomic mass is 9.99. The van der Waals surface area contributed by atoms with Crippen molar-refractivity contribution in [2.45, 2.75) is 12.5 Å². The van der Waals surface area contributed by atoms with E-state index in [2.05, 4.69) is 0 Å². The lowest BCUT2D eigenvalue weighted by Gasteiger charge is -2.13. The van der Waals surface area contributed by atoms with Crippen LogP contribution in [0.15, 0.2) is 42.5 Å². The Bertz CT molecular complexity index is 678. The van der Waals surface area contributed by atoms with Crippen LogP contribution in [0.2, 0.25) is 0 Å². The fourth-order valence-electron chi connectivity index (χ4n) is 2.59. The number of benzene rings is 2. The number of cyclic esters (lactones) is 1. The zero-order valence-corrected chi connectivity index (χ0v) is 12.0. The van der Waals surface area contributed by atoms with Gasteiger partial charge in [-0.25, -0.2) is 4.79 Å². The third kappa shape index (κ3) is 2.44. The van der Waals surface area contributed by atoms with Crippen molar-refractivity contribution in [3.63, 3.8) is 0 Å². The minimum absolute atomic E-state index is 0.244. The molecule has 0 amide bonds. The number of esters is 1. The van der Waals surface area contributed by atoms with Crippen molar-refractivity contribution in [3.05, 3.63) is 59.2 Å². The Morgan fingerprint density at radius 1 is 1.05 bits per heavy atom. The van der Waals surface area contributed by atoms with Gasteiger partial charge in [0.25, 0.3) is 0 Å². The van der Waals surface area contributed by atoms with Gasteiger partial charge in [-0.3, -0.25) is 0 Å². The smallest absolute Gasteiger partial charge is 0.339 e. The highest BCUT2D eigenvalue weighted by molar-refractivity contribution is 5.94. The standard InChI is InChI=1S/C17H16O4/c1-19-14-8-7-11(10-16(14)20-2)9-15-12-5-3-4-6-13(12)17(18)21-15/h3-8,10,15H,9H2,1-2H3. The zero-order valence-electron chi connectivity index (χ0n) is 12.0. The van der Waals surface area contributed by atoms with Crippen LogP contribution >= 0.6 is 0 Å². The van der Waals surface area contributed by atoms with E-state index in [4.69, 9.17) is 14.2 Å². The summed E-state index contributed by atoms with van der Waals surface area (Å²) in [6.45, 7) is 0. The first kappa shape index (κ1) is 13.5. The molecular formula is C17H16O4. The molecule has 1 atom stereocenters. The Morgan fingerprint density at radius 2 is 1.81 bits per heavy atom. The first-order chi connectivity index (χ1) is 10.2. The van der Waals surface area contributed by atoms with Crippen molar-refractivity contribution in [2.24, 2.45) is 0 Å². The number of ether oxygens (including phenoxy) is 3. The van der Waals surface area contributed by atoms with Gasteiger partial charge in [0.2, 0.25) is 0 Å². The molecule has 0 aromatic heterocycles. The van der Waals surface area contributed by atoms with Gasteiger partial charge in [0.05, 0.1) is 19.8 Å². The van der Waals surface area contributed by atoms with Crippen LogP contribution in [0.5, 0.6) is 11.5 Å². The number of rotatable bonds is 4. The van der Waals surface area contributed by atoms with Crippen LogP contribution in [0.25, 0.3) is 0 Å². The predicted molar refractivity (Wildman–Crippen MR) is 77.8 cm³/mol. The summed E-state index contributed by atoms with van der Waals surface area (Å²) < 4.78 is 16.0. The minimum atomic E-state index is -0.254. The van der Waals surface area contributed by atoms with Crippen molar-refractivity contribution in [3.8, 4) is 11.5 Å². The highest BCUT2D eigenvalue weighted by Crippen LogP contribution is 2.35. The molecule has 2 aromatic carbocycles. The van der Waals surface area contributed by atoms with E-state index in [1.165, 1.54) is 0 Å². The van der Waals surface area contributed by atoms with Crippen LogP contribution in [0.4, 0.5) is 0 Å². The van der Waals surface area contributed by atoms with Gasteiger partial charge < -0.3 is 14.2 Å². The van der Waals surface area contributed by atoms with Gasteiger partial charge in [-0.1, -0.05) is 24.3 Å². The van der Waals surface area contributed by atoms with Gasteiger partial charge in [0.1, 0.15) is 6.10 Å². The van der Waals surface area contributed by atoms with Crippen molar-refractivity contribution in [1.29, 1.82) is 0 Å². The lowest BCUT2D eigenvalue weighted by molar-refractivity contribution is 0.0387. The number of carbonyl (C=O) groups excluding carboxylic acids is 1. The largest absolute Gasteiger partial charge is 0.493 e. The van der Waals surface area contributed by atoms with E-state index >= 15 is 0 Å². The summed E-state index contributed by atoms with van der Waals surface area (Å²) in [6.07, 6.45) is 0.370. The quantitative estimate of drug-likeness (QED) is 0.809. The van der Waals surface area contributed by atoms with Gasteiger partial charge >= 0.3 is 5.97 Å². The Labute approximate surface area is 123 Å². The molecule has 4 nitrogen and oxygen atoms in total.